The predicted molar refractivity (Wildman–Crippen MR) is 54.4 cm³/mol. The van der Waals surface area contributed by atoms with Gasteiger partial charge in [0.05, 0.1) is 10.5 Å². The number of hydrogen-bond donors (Lipinski definition) is 1. The SMILES string of the molecule is C/C=C(\C(=O)O)c1ccc([N+](=O)[O-])cc1. The lowest BCUT2D eigenvalue weighted by atomic mass is 10.1. The molecule has 0 radical (unpaired) electrons. The van der Waals surface area contributed by atoms with Gasteiger partial charge in [-0.15, -0.1) is 0 Å². The molecule has 0 fully saturated rings. The second-order valence-electron chi connectivity index (χ2n) is 2.81. The van der Waals surface area contributed by atoms with Gasteiger partial charge in [-0.3, -0.25) is 10.1 Å². The summed E-state index contributed by atoms with van der Waals surface area (Å²) in [6, 6.07) is 5.40. The third-order valence-corrected chi connectivity index (χ3v) is 1.91. The molecule has 1 N–H and O–H groups in total. The molecular weight excluding hydrogens is 198 g/mol. The number of nitrogens with zero attached hydrogens (tertiary/aromatic N) is 1. The first kappa shape index (κ1) is 10.9. The highest BCUT2D eigenvalue weighted by atomic mass is 16.6. The van der Waals surface area contributed by atoms with Crippen molar-refractivity contribution in [3.8, 4) is 0 Å². The predicted octanol–water partition coefficient (Wildman–Crippen LogP) is 2.08. The monoisotopic (exact) mass is 207 g/mol. The van der Waals surface area contributed by atoms with E-state index in [-0.39, 0.29) is 11.3 Å². The third kappa shape index (κ3) is 2.40. The zero-order valence-corrected chi connectivity index (χ0v) is 8.01. The Balaban J connectivity index is 3.08. The van der Waals surface area contributed by atoms with Gasteiger partial charge in [0.25, 0.3) is 5.69 Å². The molecule has 0 saturated heterocycles. The van der Waals surface area contributed by atoms with E-state index >= 15 is 0 Å². The highest BCUT2D eigenvalue weighted by Crippen LogP contribution is 2.18. The Labute approximate surface area is 85.8 Å². The molecule has 15 heavy (non-hydrogen) atoms. The van der Waals surface area contributed by atoms with E-state index in [1.807, 2.05) is 0 Å². The molecule has 0 amide bonds. The summed E-state index contributed by atoms with van der Waals surface area (Å²) in [6.07, 6.45) is 1.45. The zero-order chi connectivity index (χ0) is 11.4. The quantitative estimate of drug-likeness (QED) is 0.467. The molecule has 0 spiro atoms. The standard InChI is InChI=1S/C10H9NO4/c1-2-9(10(12)13)7-3-5-8(6-4-7)11(14)15/h2-6H,1H3,(H,12,13)/b9-2-. The number of rotatable bonds is 3. The first-order valence-corrected chi connectivity index (χ1v) is 4.20. The van der Waals surface area contributed by atoms with Crippen LogP contribution in [0.1, 0.15) is 12.5 Å². The molecular formula is C10H9NO4. The van der Waals surface area contributed by atoms with Gasteiger partial charge < -0.3 is 5.11 Å². The van der Waals surface area contributed by atoms with E-state index in [1.165, 1.54) is 30.3 Å². The molecule has 1 rings (SSSR count). The number of carboxylic acid groups (broad SMARTS) is 1. The topological polar surface area (TPSA) is 80.4 Å². The summed E-state index contributed by atoms with van der Waals surface area (Å²) in [5.41, 5.74) is 0.528. The largest absolute Gasteiger partial charge is 0.478 e. The maximum Gasteiger partial charge on any atom is 0.335 e. The summed E-state index contributed by atoms with van der Waals surface area (Å²) >= 11 is 0. The van der Waals surface area contributed by atoms with Crippen molar-refractivity contribution in [1.82, 2.24) is 0 Å². The lowest BCUT2D eigenvalue weighted by molar-refractivity contribution is -0.384. The summed E-state index contributed by atoms with van der Waals surface area (Å²) in [6.45, 7) is 1.60. The Morgan fingerprint density at radius 1 is 1.40 bits per heavy atom. The highest BCUT2D eigenvalue weighted by Gasteiger charge is 2.10. The molecule has 0 aliphatic heterocycles. The van der Waals surface area contributed by atoms with Crippen LogP contribution in [0.3, 0.4) is 0 Å². The third-order valence-electron chi connectivity index (χ3n) is 1.91. The van der Waals surface area contributed by atoms with Gasteiger partial charge in [-0.05, 0) is 24.6 Å². The summed E-state index contributed by atoms with van der Waals surface area (Å²) in [5, 5.41) is 19.2. The second-order valence-corrected chi connectivity index (χ2v) is 2.81. The van der Waals surface area contributed by atoms with Crippen molar-refractivity contribution < 1.29 is 14.8 Å². The Bertz CT molecular complexity index is 420. The van der Waals surface area contributed by atoms with Gasteiger partial charge in [0.15, 0.2) is 0 Å². The van der Waals surface area contributed by atoms with Crippen LogP contribution < -0.4 is 0 Å². The molecule has 0 unspecified atom stereocenters. The Kier molecular flexibility index (Phi) is 3.17. The van der Waals surface area contributed by atoms with Crippen LogP contribution in [0.2, 0.25) is 0 Å². The number of nitro groups is 1. The zero-order valence-electron chi connectivity index (χ0n) is 8.01. The summed E-state index contributed by atoms with van der Waals surface area (Å²) < 4.78 is 0. The fraction of sp³-hybridized carbons (Fsp3) is 0.100. The van der Waals surface area contributed by atoms with Crippen LogP contribution in [0.25, 0.3) is 5.57 Å². The number of nitro benzene ring substituents is 1. The van der Waals surface area contributed by atoms with Crippen molar-refractivity contribution in [2.75, 3.05) is 0 Å². The van der Waals surface area contributed by atoms with Crippen LogP contribution in [-0.2, 0) is 4.79 Å². The Hall–Kier alpha value is -2.17. The lowest BCUT2D eigenvalue weighted by Crippen LogP contribution is -1.99. The average molecular weight is 207 g/mol. The summed E-state index contributed by atoms with van der Waals surface area (Å²) in [5.74, 6) is -1.05. The minimum atomic E-state index is -1.05. The molecule has 0 saturated carbocycles. The van der Waals surface area contributed by atoms with E-state index in [4.69, 9.17) is 5.11 Å². The van der Waals surface area contributed by atoms with Crippen molar-refractivity contribution in [3.63, 3.8) is 0 Å². The molecule has 0 heterocycles. The smallest absolute Gasteiger partial charge is 0.335 e. The van der Waals surface area contributed by atoms with Crippen LogP contribution in [-0.4, -0.2) is 16.0 Å². The van der Waals surface area contributed by atoms with Crippen LogP contribution in [0.15, 0.2) is 30.3 Å². The van der Waals surface area contributed by atoms with Gasteiger partial charge in [-0.25, -0.2) is 4.79 Å². The minimum Gasteiger partial charge on any atom is -0.478 e. The molecule has 1 aromatic carbocycles. The first-order chi connectivity index (χ1) is 7.06. The van der Waals surface area contributed by atoms with Crippen LogP contribution in [0, 0.1) is 10.1 Å². The van der Waals surface area contributed by atoms with E-state index < -0.39 is 10.9 Å². The molecule has 0 aromatic heterocycles. The summed E-state index contributed by atoms with van der Waals surface area (Å²) in [4.78, 5) is 20.6. The fourth-order valence-corrected chi connectivity index (χ4v) is 1.18. The van der Waals surface area contributed by atoms with Gasteiger partial charge in [0, 0.05) is 12.1 Å². The van der Waals surface area contributed by atoms with Crippen molar-refractivity contribution >= 4 is 17.2 Å². The van der Waals surface area contributed by atoms with Crippen molar-refractivity contribution in [3.05, 3.63) is 46.0 Å². The molecule has 0 bridgehead atoms. The number of benzene rings is 1. The Morgan fingerprint density at radius 3 is 2.27 bits per heavy atom. The molecule has 0 atom stereocenters. The van der Waals surface area contributed by atoms with E-state index in [0.717, 1.165) is 0 Å². The maximum atomic E-state index is 10.7. The lowest BCUT2D eigenvalue weighted by Gasteiger charge is -2.00. The number of non-ortho nitro benzene ring substituents is 1. The number of carbonyl (C=O) groups is 1. The van der Waals surface area contributed by atoms with Gasteiger partial charge in [-0.1, -0.05) is 6.08 Å². The van der Waals surface area contributed by atoms with Crippen LogP contribution in [0.5, 0.6) is 0 Å². The molecule has 0 aliphatic carbocycles. The number of carboxylic acids is 1. The van der Waals surface area contributed by atoms with Crippen molar-refractivity contribution in [2.45, 2.75) is 6.92 Å². The molecule has 5 nitrogen and oxygen atoms in total. The number of aliphatic carboxylic acids is 1. The second kappa shape index (κ2) is 4.36. The number of allylic oxidation sites excluding steroid dienone is 1. The van der Waals surface area contributed by atoms with E-state index in [2.05, 4.69) is 0 Å². The van der Waals surface area contributed by atoms with Gasteiger partial charge >= 0.3 is 5.97 Å². The Morgan fingerprint density at radius 2 is 1.93 bits per heavy atom. The summed E-state index contributed by atoms with van der Waals surface area (Å²) in [7, 11) is 0. The molecule has 1 aromatic rings. The molecule has 78 valence electrons. The molecule has 0 aliphatic rings. The highest BCUT2D eigenvalue weighted by molar-refractivity contribution is 6.15. The molecule has 5 heteroatoms. The van der Waals surface area contributed by atoms with E-state index in [1.54, 1.807) is 6.92 Å². The average Bonchev–Trinajstić information content (AvgIpc) is 2.19. The fourth-order valence-electron chi connectivity index (χ4n) is 1.18. The van der Waals surface area contributed by atoms with Gasteiger partial charge in [0.2, 0.25) is 0 Å². The van der Waals surface area contributed by atoms with Gasteiger partial charge in [-0.2, -0.15) is 0 Å². The van der Waals surface area contributed by atoms with Crippen molar-refractivity contribution in [2.24, 2.45) is 0 Å². The van der Waals surface area contributed by atoms with Crippen LogP contribution >= 0.6 is 0 Å². The normalized spacial score (nSPS) is 11.1. The van der Waals surface area contributed by atoms with Crippen LogP contribution in [0.4, 0.5) is 5.69 Å². The van der Waals surface area contributed by atoms with E-state index in [0.29, 0.717) is 5.56 Å². The number of hydrogen-bond acceptors (Lipinski definition) is 3. The van der Waals surface area contributed by atoms with Gasteiger partial charge in [0.1, 0.15) is 0 Å². The maximum absolute atomic E-state index is 10.7. The minimum absolute atomic E-state index is 0.0559. The van der Waals surface area contributed by atoms with E-state index in [9.17, 15) is 14.9 Å². The first-order valence-electron chi connectivity index (χ1n) is 4.20. The van der Waals surface area contributed by atoms with Crippen molar-refractivity contribution in [1.29, 1.82) is 0 Å².